The van der Waals surface area contributed by atoms with Gasteiger partial charge in [0.05, 0.1) is 13.2 Å². The summed E-state index contributed by atoms with van der Waals surface area (Å²) in [6, 6.07) is 0. The zero-order chi connectivity index (χ0) is 9.86. The Morgan fingerprint density at radius 1 is 1.21 bits per heavy atom. The zero-order valence-corrected chi connectivity index (χ0v) is 8.80. The molecular weight excluding hydrogens is 178 g/mol. The van der Waals surface area contributed by atoms with Crippen LogP contribution in [0.5, 0.6) is 0 Å². The molecule has 0 amide bonds. The summed E-state index contributed by atoms with van der Waals surface area (Å²) < 4.78 is 5.32. The van der Waals surface area contributed by atoms with Crippen LogP contribution in [0.1, 0.15) is 25.7 Å². The summed E-state index contributed by atoms with van der Waals surface area (Å²) in [6.07, 6.45) is 5.07. The molecule has 0 bridgehead atoms. The third-order valence-corrected chi connectivity index (χ3v) is 3.36. The highest BCUT2D eigenvalue weighted by atomic mass is 16.5. The van der Waals surface area contributed by atoms with Gasteiger partial charge >= 0.3 is 0 Å². The molecule has 14 heavy (non-hydrogen) atoms. The maximum atomic E-state index is 5.87. The van der Waals surface area contributed by atoms with E-state index < -0.39 is 0 Å². The maximum Gasteiger partial charge on any atom is 0.0608 e. The molecule has 4 nitrogen and oxygen atoms in total. The molecule has 3 N–H and O–H groups in total. The van der Waals surface area contributed by atoms with Crippen LogP contribution in [-0.4, -0.2) is 43.4 Å². The van der Waals surface area contributed by atoms with Crippen LogP contribution in [-0.2, 0) is 4.74 Å². The molecular formula is C10H21N3O. The van der Waals surface area contributed by atoms with Gasteiger partial charge in [-0.05, 0) is 12.8 Å². The first-order valence-corrected chi connectivity index (χ1v) is 5.65. The standard InChI is InChI=1S/C10H21N3O/c11-9-10(3-1-2-4-10)12-13-5-7-14-8-6-13/h12H,1-9,11H2. The lowest BCUT2D eigenvalue weighted by Gasteiger charge is -2.37. The molecule has 2 aliphatic rings. The van der Waals surface area contributed by atoms with Crippen molar-refractivity contribution in [2.75, 3.05) is 32.8 Å². The molecule has 1 aliphatic heterocycles. The van der Waals surface area contributed by atoms with Crippen LogP contribution < -0.4 is 11.2 Å². The van der Waals surface area contributed by atoms with Crippen LogP contribution in [0.4, 0.5) is 0 Å². The van der Waals surface area contributed by atoms with Crippen molar-refractivity contribution in [2.24, 2.45) is 5.73 Å². The highest BCUT2D eigenvalue weighted by molar-refractivity contribution is 4.92. The van der Waals surface area contributed by atoms with E-state index in [-0.39, 0.29) is 5.54 Å². The third-order valence-electron chi connectivity index (χ3n) is 3.36. The summed E-state index contributed by atoms with van der Waals surface area (Å²) in [5, 5.41) is 2.28. The van der Waals surface area contributed by atoms with Gasteiger partial charge in [-0.2, -0.15) is 0 Å². The van der Waals surface area contributed by atoms with Gasteiger partial charge in [0.1, 0.15) is 0 Å². The minimum atomic E-state index is 0.192. The van der Waals surface area contributed by atoms with Crippen LogP contribution in [0.15, 0.2) is 0 Å². The Bertz CT molecular complexity index is 174. The number of nitrogens with two attached hydrogens (primary N) is 1. The molecule has 1 saturated heterocycles. The number of morpholine rings is 1. The van der Waals surface area contributed by atoms with Gasteiger partial charge in [-0.3, -0.25) is 0 Å². The quantitative estimate of drug-likeness (QED) is 0.676. The van der Waals surface area contributed by atoms with Crippen molar-refractivity contribution in [2.45, 2.75) is 31.2 Å². The van der Waals surface area contributed by atoms with E-state index in [9.17, 15) is 0 Å². The van der Waals surface area contributed by atoms with Crippen molar-refractivity contribution in [3.05, 3.63) is 0 Å². The zero-order valence-electron chi connectivity index (χ0n) is 8.80. The van der Waals surface area contributed by atoms with E-state index in [1.807, 2.05) is 0 Å². The van der Waals surface area contributed by atoms with E-state index in [0.717, 1.165) is 32.8 Å². The molecule has 1 aliphatic carbocycles. The molecule has 82 valence electrons. The number of hydrogen-bond acceptors (Lipinski definition) is 4. The molecule has 1 saturated carbocycles. The minimum absolute atomic E-state index is 0.192. The highest BCUT2D eigenvalue weighted by Crippen LogP contribution is 2.28. The Morgan fingerprint density at radius 3 is 2.43 bits per heavy atom. The van der Waals surface area contributed by atoms with Crippen molar-refractivity contribution in [1.29, 1.82) is 0 Å². The molecule has 0 atom stereocenters. The Balaban J connectivity index is 1.86. The van der Waals surface area contributed by atoms with Gasteiger partial charge in [0.2, 0.25) is 0 Å². The first kappa shape index (κ1) is 10.4. The van der Waals surface area contributed by atoms with Crippen molar-refractivity contribution in [3.63, 3.8) is 0 Å². The molecule has 0 aromatic heterocycles. The van der Waals surface area contributed by atoms with E-state index >= 15 is 0 Å². The van der Waals surface area contributed by atoms with E-state index in [4.69, 9.17) is 10.5 Å². The van der Waals surface area contributed by atoms with Crippen LogP contribution >= 0.6 is 0 Å². The van der Waals surface area contributed by atoms with Crippen LogP contribution in [0, 0.1) is 0 Å². The van der Waals surface area contributed by atoms with E-state index in [1.165, 1.54) is 25.7 Å². The van der Waals surface area contributed by atoms with Gasteiger partial charge < -0.3 is 10.5 Å². The number of ether oxygens (including phenoxy) is 1. The topological polar surface area (TPSA) is 50.5 Å². The summed E-state index contributed by atoms with van der Waals surface area (Å²) in [7, 11) is 0. The molecule has 2 fully saturated rings. The second kappa shape index (κ2) is 4.57. The van der Waals surface area contributed by atoms with Crippen molar-refractivity contribution < 1.29 is 4.74 Å². The molecule has 0 aromatic carbocycles. The highest BCUT2D eigenvalue weighted by Gasteiger charge is 2.34. The smallest absolute Gasteiger partial charge is 0.0608 e. The lowest BCUT2D eigenvalue weighted by atomic mass is 9.99. The van der Waals surface area contributed by atoms with Gasteiger partial charge in [-0.25, -0.2) is 10.4 Å². The summed E-state index contributed by atoms with van der Waals surface area (Å²) in [5.41, 5.74) is 9.67. The van der Waals surface area contributed by atoms with Crippen molar-refractivity contribution in [1.82, 2.24) is 10.4 Å². The normalized spacial score (nSPS) is 28.1. The Labute approximate surface area is 85.7 Å². The van der Waals surface area contributed by atoms with Gasteiger partial charge in [0.25, 0.3) is 0 Å². The Morgan fingerprint density at radius 2 is 1.86 bits per heavy atom. The van der Waals surface area contributed by atoms with Crippen LogP contribution in [0.25, 0.3) is 0 Å². The van der Waals surface area contributed by atoms with Crippen LogP contribution in [0.3, 0.4) is 0 Å². The number of nitrogens with zero attached hydrogens (tertiary/aromatic N) is 1. The Hall–Kier alpha value is -0.160. The lowest BCUT2D eigenvalue weighted by molar-refractivity contribution is -0.0107. The molecule has 0 aromatic rings. The number of hydrogen-bond donors (Lipinski definition) is 2. The van der Waals surface area contributed by atoms with E-state index in [0.29, 0.717) is 0 Å². The first-order chi connectivity index (χ1) is 6.85. The maximum absolute atomic E-state index is 5.87. The average Bonchev–Trinajstić information content (AvgIpc) is 2.69. The van der Waals surface area contributed by atoms with Crippen LogP contribution in [0.2, 0.25) is 0 Å². The molecule has 0 unspecified atom stereocenters. The molecule has 1 heterocycles. The fourth-order valence-corrected chi connectivity index (χ4v) is 2.42. The van der Waals surface area contributed by atoms with Crippen molar-refractivity contribution >= 4 is 0 Å². The SMILES string of the molecule is NCC1(NN2CCOCC2)CCCC1. The fourth-order valence-electron chi connectivity index (χ4n) is 2.42. The third kappa shape index (κ3) is 2.25. The minimum Gasteiger partial charge on any atom is -0.379 e. The van der Waals surface area contributed by atoms with E-state index in [1.54, 1.807) is 0 Å². The molecule has 0 spiro atoms. The van der Waals surface area contributed by atoms with Gasteiger partial charge in [0.15, 0.2) is 0 Å². The summed E-state index contributed by atoms with van der Waals surface area (Å²) in [6.45, 7) is 4.41. The van der Waals surface area contributed by atoms with Gasteiger partial charge in [-0.15, -0.1) is 0 Å². The first-order valence-electron chi connectivity index (χ1n) is 5.65. The summed E-state index contributed by atoms with van der Waals surface area (Å²) in [4.78, 5) is 0. The molecule has 2 rings (SSSR count). The monoisotopic (exact) mass is 199 g/mol. The average molecular weight is 199 g/mol. The van der Waals surface area contributed by atoms with Gasteiger partial charge in [0, 0.05) is 25.2 Å². The predicted molar refractivity (Wildman–Crippen MR) is 55.8 cm³/mol. The molecule has 0 radical (unpaired) electrons. The van der Waals surface area contributed by atoms with Gasteiger partial charge in [-0.1, -0.05) is 12.8 Å². The second-order valence-corrected chi connectivity index (χ2v) is 4.40. The number of hydrazine groups is 1. The molecule has 4 heteroatoms. The Kier molecular flexibility index (Phi) is 3.38. The second-order valence-electron chi connectivity index (χ2n) is 4.40. The summed E-state index contributed by atoms with van der Waals surface area (Å²) >= 11 is 0. The fraction of sp³-hybridized carbons (Fsp3) is 1.00. The summed E-state index contributed by atoms with van der Waals surface area (Å²) in [5.74, 6) is 0. The number of rotatable bonds is 3. The lowest BCUT2D eigenvalue weighted by Crippen LogP contribution is -2.59. The van der Waals surface area contributed by atoms with E-state index in [2.05, 4.69) is 10.4 Å². The largest absolute Gasteiger partial charge is 0.379 e. The predicted octanol–water partition coefficient (Wildman–Crippen LogP) is 0.0947. The van der Waals surface area contributed by atoms with Crippen molar-refractivity contribution in [3.8, 4) is 0 Å². The number of nitrogens with one attached hydrogen (secondary N) is 1.